The molecule has 6 heteroatoms. The zero-order valence-electron chi connectivity index (χ0n) is 37.6. The molecule has 330 valence electrons. The number of hydrogen-bond acceptors (Lipinski definition) is 6. The molecule has 0 fully saturated rings. The second kappa shape index (κ2) is 46.1. The molecule has 57 heavy (non-hydrogen) atoms. The number of allylic oxidation sites excluding steroid dienone is 8. The normalized spacial score (nSPS) is 12.4. The van der Waals surface area contributed by atoms with Gasteiger partial charge < -0.3 is 14.2 Å². The summed E-state index contributed by atoms with van der Waals surface area (Å²) in [5.74, 6) is -0.922. The van der Waals surface area contributed by atoms with Crippen molar-refractivity contribution in [2.75, 3.05) is 13.2 Å². The van der Waals surface area contributed by atoms with E-state index in [1.807, 2.05) is 0 Å². The second-order valence-electron chi connectivity index (χ2n) is 16.0. The molecule has 0 aromatic carbocycles. The molecule has 0 unspecified atom stereocenters. The Morgan fingerprint density at radius 1 is 0.368 bits per heavy atom. The minimum absolute atomic E-state index is 0.0830. The third kappa shape index (κ3) is 44.3. The van der Waals surface area contributed by atoms with Crippen LogP contribution in [0.25, 0.3) is 0 Å². The first-order valence-corrected chi connectivity index (χ1v) is 24.1. The lowest BCUT2D eigenvalue weighted by Crippen LogP contribution is -2.30. The predicted octanol–water partition coefficient (Wildman–Crippen LogP) is 15.5. The van der Waals surface area contributed by atoms with Crippen LogP contribution in [0, 0.1) is 0 Å². The number of carbonyl (C=O) groups excluding carboxylic acids is 3. The summed E-state index contributed by atoms with van der Waals surface area (Å²) in [7, 11) is 0. The van der Waals surface area contributed by atoms with Gasteiger partial charge in [-0.3, -0.25) is 14.4 Å². The van der Waals surface area contributed by atoms with Gasteiger partial charge in [0.1, 0.15) is 13.2 Å². The summed E-state index contributed by atoms with van der Waals surface area (Å²) in [6.45, 7) is 6.48. The fourth-order valence-electron chi connectivity index (χ4n) is 6.73. The summed E-state index contributed by atoms with van der Waals surface area (Å²) in [6.07, 6.45) is 53.8. The van der Waals surface area contributed by atoms with Crippen molar-refractivity contribution < 1.29 is 28.6 Å². The highest BCUT2D eigenvalue weighted by Crippen LogP contribution is 2.15. The fourth-order valence-corrected chi connectivity index (χ4v) is 6.73. The molecule has 0 saturated heterocycles. The van der Waals surface area contributed by atoms with E-state index < -0.39 is 6.10 Å². The van der Waals surface area contributed by atoms with Crippen LogP contribution >= 0.6 is 0 Å². The van der Waals surface area contributed by atoms with Gasteiger partial charge in [-0.15, -0.1) is 0 Å². The Morgan fingerprint density at radius 2 is 0.684 bits per heavy atom. The number of hydrogen-bond donors (Lipinski definition) is 0. The summed E-state index contributed by atoms with van der Waals surface area (Å²) < 4.78 is 16.7. The van der Waals surface area contributed by atoms with Crippen LogP contribution in [0.1, 0.15) is 239 Å². The highest BCUT2D eigenvalue weighted by Gasteiger charge is 2.19. The Hall–Kier alpha value is -2.63. The van der Waals surface area contributed by atoms with Crippen molar-refractivity contribution in [1.29, 1.82) is 0 Å². The minimum Gasteiger partial charge on any atom is -0.462 e. The van der Waals surface area contributed by atoms with Crippen LogP contribution in [-0.4, -0.2) is 37.2 Å². The SMILES string of the molecule is CC/C=C\C/C=C\C/C=C\C/C=C\CCCCC(=O)OC[C@H](COC(=O)CCCCCCCCCCCCCC)OC(=O)CCCCCCCCCCCCCC. The van der Waals surface area contributed by atoms with Gasteiger partial charge in [-0.2, -0.15) is 0 Å². The van der Waals surface area contributed by atoms with Crippen molar-refractivity contribution in [1.82, 2.24) is 0 Å². The molecule has 0 radical (unpaired) electrons. The Balaban J connectivity index is 4.42. The van der Waals surface area contributed by atoms with E-state index in [1.165, 1.54) is 116 Å². The van der Waals surface area contributed by atoms with Crippen LogP contribution in [0.2, 0.25) is 0 Å². The van der Waals surface area contributed by atoms with E-state index in [4.69, 9.17) is 14.2 Å². The Kier molecular flexibility index (Phi) is 43.9. The molecule has 6 nitrogen and oxygen atoms in total. The molecular formula is C51H90O6. The van der Waals surface area contributed by atoms with Crippen molar-refractivity contribution in [2.24, 2.45) is 0 Å². The van der Waals surface area contributed by atoms with Gasteiger partial charge >= 0.3 is 17.9 Å². The lowest BCUT2D eigenvalue weighted by atomic mass is 10.0. The van der Waals surface area contributed by atoms with Gasteiger partial charge in [0.15, 0.2) is 6.10 Å². The van der Waals surface area contributed by atoms with Crippen molar-refractivity contribution >= 4 is 17.9 Å². The van der Waals surface area contributed by atoms with Crippen molar-refractivity contribution in [2.45, 2.75) is 245 Å². The molecule has 0 heterocycles. The van der Waals surface area contributed by atoms with E-state index in [0.29, 0.717) is 19.3 Å². The average molecular weight is 799 g/mol. The second-order valence-corrected chi connectivity index (χ2v) is 16.0. The van der Waals surface area contributed by atoms with E-state index in [2.05, 4.69) is 69.4 Å². The summed E-state index contributed by atoms with van der Waals surface area (Å²) in [5.41, 5.74) is 0. The quantitative estimate of drug-likeness (QED) is 0.0265. The molecule has 0 amide bonds. The molecule has 0 aromatic rings. The number of ether oxygens (including phenoxy) is 3. The predicted molar refractivity (Wildman–Crippen MR) is 242 cm³/mol. The Labute approximate surface area is 352 Å². The maximum Gasteiger partial charge on any atom is 0.306 e. The van der Waals surface area contributed by atoms with Crippen molar-refractivity contribution in [3.63, 3.8) is 0 Å². The Bertz CT molecular complexity index is 1010. The van der Waals surface area contributed by atoms with Gasteiger partial charge in [0, 0.05) is 19.3 Å². The topological polar surface area (TPSA) is 78.9 Å². The maximum atomic E-state index is 12.7. The third-order valence-electron chi connectivity index (χ3n) is 10.3. The van der Waals surface area contributed by atoms with Gasteiger partial charge in [0.05, 0.1) is 0 Å². The van der Waals surface area contributed by atoms with Gasteiger partial charge in [0.2, 0.25) is 0 Å². The van der Waals surface area contributed by atoms with E-state index >= 15 is 0 Å². The third-order valence-corrected chi connectivity index (χ3v) is 10.3. The molecule has 0 aliphatic carbocycles. The first-order valence-electron chi connectivity index (χ1n) is 24.1. The summed E-state index contributed by atoms with van der Waals surface area (Å²) >= 11 is 0. The van der Waals surface area contributed by atoms with Crippen LogP contribution in [0.15, 0.2) is 48.6 Å². The zero-order chi connectivity index (χ0) is 41.5. The van der Waals surface area contributed by atoms with E-state index in [9.17, 15) is 14.4 Å². The van der Waals surface area contributed by atoms with E-state index in [1.54, 1.807) is 0 Å². The monoisotopic (exact) mass is 799 g/mol. The van der Waals surface area contributed by atoms with Crippen LogP contribution in [0.4, 0.5) is 0 Å². The first kappa shape index (κ1) is 54.4. The van der Waals surface area contributed by atoms with Gasteiger partial charge in [0.25, 0.3) is 0 Å². The van der Waals surface area contributed by atoms with Gasteiger partial charge in [-0.05, 0) is 57.8 Å². The summed E-state index contributed by atoms with van der Waals surface area (Å²) in [5, 5.41) is 0. The molecular weight excluding hydrogens is 709 g/mol. The lowest BCUT2D eigenvalue weighted by Gasteiger charge is -2.18. The first-order chi connectivity index (χ1) is 28.0. The molecule has 0 aliphatic rings. The molecule has 0 spiro atoms. The molecule has 0 N–H and O–H groups in total. The lowest BCUT2D eigenvalue weighted by molar-refractivity contribution is -0.167. The highest BCUT2D eigenvalue weighted by atomic mass is 16.6. The van der Waals surface area contributed by atoms with E-state index in [-0.39, 0.29) is 31.1 Å². The smallest absolute Gasteiger partial charge is 0.306 e. The number of unbranched alkanes of at least 4 members (excludes halogenated alkanes) is 24. The maximum absolute atomic E-state index is 12.7. The Morgan fingerprint density at radius 3 is 1.07 bits per heavy atom. The van der Waals surface area contributed by atoms with Crippen LogP contribution in [0.3, 0.4) is 0 Å². The molecule has 0 saturated carbocycles. The molecule has 0 bridgehead atoms. The van der Waals surface area contributed by atoms with Crippen LogP contribution < -0.4 is 0 Å². The van der Waals surface area contributed by atoms with E-state index in [0.717, 1.165) is 83.5 Å². The number of carbonyl (C=O) groups is 3. The average Bonchev–Trinajstić information content (AvgIpc) is 3.21. The summed E-state index contributed by atoms with van der Waals surface area (Å²) in [4.78, 5) is 37.8. The summed E-state index contributed by atoms with van der Waals surface area (Å²) in [6, 6.07) is 0. The zero-order valence-corrected chi connectivity index (χ0v) is 37.6. The van der Waals surface area contributed by atoms with Crippen molar-refractivity contribution in [3.8, 4) is 0 Å². The highest BCUT2D eigenvalue weighted by molar-refractivity contribution is 5.71. The number of rotatable bonds is 43. The molecule has 0 rings (SSSR count). The van der Waals surface area contributed by atoms with Gasteiger partial charge in [-0.1, -0.05) is 211 Å². The largest absolute Gasteiger partial charge is 0.462 e. The minimum atomic E-state index is -0.783. The van der Waals surface area contributed by atoms with Crippen LogP contribution in [0.5, 0.6) is 0 Å². The molecule has 0 aromatic heterocycles. The fraction of sp³-hybridized carbons (Fsp3) is 0.784. The van der Waals surface area contributed by atoms with Crippen LogP contribution in [-0.2, 0) is 28.6 Å². The molecule has 1 atom stereocenters. The van der Waals surface area contributed by atoms with Gasteiger partial charge in [-0.25, -0.2) is 0 Å². The number of esters is 3. The standard InChI is InChI=1S/C51H90O6/c1-4-7-10-13-16-19-22-25-26-27-30-32-35-38-41-44-50(53)56-47-48(57-51(54)45-42-39-36-33-29-24-21-18-15-12-9-6-3)46-55-49(52)43-40-37-34-31-28-23-20-17-14-11-8-5-2/h7,10,16,19,25-26,30,32,48H,4-6,8-9,11-15,17-18,20-24,27-29,31,33-47H2,1-3H3/b10-7-,19-16-,26-25-,32-30-/t48-/m0/s1. The molecule has 0 aliphatic heterocycles. The van der Waals surface area contributed by atoms with Crippen molar-refractivity contribution in [3.05, 3.63) is 48.6 Å².